The van der Waals surface area contributed by atoms with E-state index in [1.165, 1.54) is 12.5 Å². The SMILES string of the molecule is CC(=O)NC=CCCCC=NCc1ccccc1. The van der Waals surface area contributed by atoms with Crippen molar-refractivity contribution in [1.82, 2.24) is 5.32 Å². The molecule has 0 saturated carbocycles. The lowest BCUT2D eigenvalue weighted by atomic mass is 10.2. The van der Waals surface area contributed by atoms with Gasteiger partial charge < -0.3 is 5.32 Å². The Balaban J connectivity index is 2.04. The predicted molar refractivity (Wildman–Crippen MR) is 75.4 cm³/mol. The van der Waals surface area contributed by atoms with Gasteiger partial charge in [-0.3, -0.25) is 9.79 Å². The van der Waals surface area contributed by atoms with Gasteiger partial charge in [0.1, 0.15) is 0 Å². The van der Waals surface area contributed by atoms with Crippen molar-refractivity contribution in [1.29, 1.82) is 0 Å². The van der Waals surface area contributed by atoms with E-state index in [1.54, 1.807) is 6.20 Å². The zero-order valence-corrected chi connectivity index (χ0v) is 10.8. The van der Waals surface area contributed by atoms with Gasteiger partial charge in [0.2, 0.25) is 5.91 Å². The van der Waals surface area contributed by atoms with Gasteiger partial charge in [0.25, 0.3) is 0 Å². The monoisotopic (exact) mass is 244 g/mol. The Hall–Kier alpha value is -1.90. The van der Waals surface area contributed by atoms with E-state index in [0.717, 1.165) is 25.8 Å². The highest BCUT2D eigenvalue weighted by molar-refractivity contribution is 5.73. The van der Waals surface area contributed by atoms with Crippen molar-refractivity contribution in [3.05, 3.63) is 48.2 Å². The van der Waals surface area contributed by atoms with Crippen LogP contribution in [0.15, 0.2) is 47.6 Å². The zero-order valence-electron chi connectivity index (χ0n) is 10.8. The molecule has 0 heterocycles. The number of unbranched alkanes of at least 4 members (excludes halogenated alkanes) is 2. The Morgan fingerprint density at radius 1 is 1.28 bits per heavy atom. The molecule has 0 aliphatic rings. The summed E-state index contributed by atoms with van der Waals surface area (Å²) >= 11 is 0. The van der Waals surface area contributed by atoms with Crippen LogP contribution in [0.4, 0.5) is 0 Å². The van der Waals surface area contributed by atoms with Crippen LogP contribution < -0.4 is 5.32 Å². The lowest BCUT2D eigenvalue weighted by Gasteiger charge is -1.95. The highest BCUT2D eigenvalue weighted by Crippen LogP contribution is 2.00. The van der Waals surface area contributed by atoms with Crippen LogP contribution in [0, 0.1) is 0 Å². The topological polar surface area (TPSA) is 41.5 Å². The molecule has 3 nitrogen and oxygen atoms in total. The molecule has 0 fully saturated rings. The van der Waals surface area contributed by atoms with Gasteiger partial charge in [-0.1, -0.05) is 36.4 Å². The molecule has 1 rings (SSSR count). The summed E-state index contributed by atoms with van der Waals surface area (Å²) in [6.07, 6.45) is 8.61. The second-order valence-corrected chi connectivity index (χ2v) is 4.04. The van der Waals surface area contributed by atoms with Crippen LogP contribution in [0.2, 0.25) is 0 Å². The number of amides is 1. The third kappa shape index (κ3) is 7.39. The Kier molecular flexibility index (Phi) is 7.21. The smallest absolute Gasteiger partial charge is 0.220 e. The minimum atomic E-state index is -0.0318. The van der Waals surface area contributed by atoms with Crippen LogP contribution in [0.5, 0.6) is 0 Å². The van der Waals surface area contributed by atoms with E-state index in [2.05, 4.69) is 22.4 Å². The van der Waals surface area contributed by atoms with E-state index < -0.39 is 0 Å². The highest BCUT2D eigenvalue weighted by atomic mass is 16.1. The van der Waals surface area contributed by atoms with Crippen LogP contribution >= 0.6 is 0 Å². The molecule has 0 aromatic heterocycles. The summed E-state index contributed by atoms with van der Waals surface area (Å²) in [5, 5.41) is 2.62. The summed E-state index contributed by atoms with van der Waals surface area (Å²) < 4.78 is 0. The molecule has 96 valence electrons. The van der Waals surface area contributed by atoms with Crippen molar-refractivity contribution in [3.63, 3.8) is 0 Å². The van der Waals surface area contributed by atoms with Crippen LogP contribution in [0.25, 0.3) is 0 Å². The fourth-order valence-corrected chi connectivity index (χ4v) is 1.43. The maximum atomic E-state index is 10.6. The Morgan fingerprint density at radius 3 is 2.78 bits per heavy atom. The number of allylic oxidation sites excluding steroid dienone is 1. The number of carbonyl (C=O) groups is 1. The van der Waals surface area contributed by atoms with Crippen molar-refractivity contribution in [3.8, 4) is 0 Å². The molecule has 0 atom stereocenters. The standard InChI is InChI=1S/C15H20N2O/c1-14(18)17-12-8-3-2-7-11-16-13-15-9-5-4-6-10-15/h4-6,8-12H,2-3,7,13H2,1H3,(H,17,18). The van der Waals surface area contributed by atoms with Crippen LogP contribution in [0.3, 0.4) is 0 Å². The average molecular weight is 244 g/mol. The molecule has 18 heavy (non-hydrogen) atoms. The Morgan fingerprint density at radius 2 is 2.06 bits per heavy atom. The second kappa shape index (κ2) is 9.16. The predicted octanol–water partition coefficient (Wildman–Crippen LogP) is 3.08. The minimum Gasteiger partial charge on any atom is -0.333 e. The number of hydrogen-bond donors (Lipinski definition) is 1. The molecule has 0 spiro atoms. The second-order valence-electron chi connectivity index (χ2n) is 4.04. The molecule has 3 heteroatoms. The third-order valence-corrected chi connectivity index (χ3v) is 2.35. The molecule has 0 radical (unpaired) electrons. The molecule has 0 bridgehead atoms. The van der Waals surface area contributed by atoms with Gasteiger partial charge in [-0.2, -0.15) is 0 Å². The summed E-state index contributed by atoms with van der Waals surface area (Å²) in [5.41, 5.74) is 1.24. The average Bonchev–Trinajstić information content (AvgIpc) is 2.37. The maximum absolute atomic E-state index is 10.6. The molecule has 1 aromatic carbocycles. The number of rotatable bonds is 7. The van der Waals surface area contributed by atoms with Gasteiger partial charge in [-0.05, 0) is 37.2 Å². The molecular formula is C15H20N2O. The van der Waals surface area contributed by atoms with Gasteiger partial charge in [0, 0.05) is 6.92 Å². The molecule has 0 saturated heterocycles. The first-order chi connectivity index (χ1) is 8.79. The lowest BCUT2D eigenvalue weighted by Crippen LogP contribution is -2.11. The van der Waals surface area contributed by atoms with Gasteiger partial charge in [0.05, 0.1) is 6.54 Å². The van der Waals surface area contributed by atoms with Crippen molar-refractivity contribution in [2.24, 2.45) is 4.99 Å². The highest BCUT2D eigenvalue weighted by Gasteiger charge is 1.87. The first-order valence-electron chi connectivity index (χ1n) is 6.23. The first-order valence-corrected chi connectivity index (χ1v) is 6.23. The number of nitrogens with zero attached hydrogens (tertiary/aromatic N) is 1. The van der Waals surface area contributed by atoms with E-state index >= 15 is 0 Å². The van der Waals surface area contributed by atoms with Crippen molar-refractivity contribution < 1.29 is 4.79 Å². The summed E-state index contributed by atoms with van der Waals surface area (Å²) in [5.74, 6) is -0.0318. The van der Waals surface area contributed by atoms with Gasteiger partial charge in [-0.15, -0.1) is 0 Å². The van der Waals surface area contributed by atoms with E-state index in [9.17, 15) is 4.79 Å². The van der Waals surface area contributed by atoms with E-state index in [0.29, 0.717) is 0 Å². The van der Waals surface area contributed by atoms with Gasteiger partial charge in [0.15, 0.2) is 0 Å². The summed E-state index contributed by atoms with van der Waals surface area (Å²) in [7, 11) is 0. The number of aliphatic imine (C=N–C) groups is 1. The summed E-state index contributed by atoms with van der Waals surface area (Å²) in [6, 6.07) is 10.2. The van der Waals surface area contributed by atoms with Gasteiger partial charge >= 0.3 is 0 Å². The van der Waals surface area contributed by atoms with Crippen LogP contribution in [-0.4, -0.2) is 12.1 Å². The lowest BCUT2D eigenvalue weighted by molar-refractivity contribution is -0.118. The molecule has 0 unspecified atom stereocenters. The van der Waals surface area contributed by atoms with Crippen molar-refractivity contribution in [2.75, 3.05) is 0 Å². The maximum Gasteiger partial charge on any atom is 0.220 e. The molecule has 1 N–H and O–H groups in total. The van der Waals surface area contributed by atoms with Crippen LogP contribution in [-0.2, 0) is 11.3 Å². The number of nitrogens with one attached hydrogen (secondary N) is 1. The quantitative estimate of drug-likeness (QED) is 0.581. The number of benzene rings is 1. The fraction of sp³-hybridized carbons (Fsp3) is 0.333. The minimum absolute atomic E-state index is 0.0318. The van der Waals surface area contributed by atoms with E-state index in [-0.39, 0.29) is 5.91 Å². The largest absolute Gasteiger partial charge is 0.333 e. The molecule has 1 aromatic rings. The Labute approximate surface area is 109 Å². The molecular weight excluding hydrogens is 224 g/mol. The van der Waals surface area contributed by atoms with E-state index in [4.69, 9.17) is 0 Å². The normalized spacial score (nSPS) is 11.2. The summed E-state index contributed by atoms with van der Waals surface area (Å²) in [4.78, 5) is 14.9. The van der Waals surface area contributed by atoms with Crippen molar-refractivity contribution >= 4 is 12.1 Å². The first kappa shape index (κ1) is 14.2. The Bertz CT molecular complexity index is 396. The molecule has 0 aliphatic heterocycles. The third-order valence-electron chi connectivity index (χ3n) is 2.35. The van der Waals surface area contributed by atoms with E-state index in [1.807, 2.05) is 30.5 Å². The zero-order chi connectivity index (χ0) is 13.1. The number of carbonyl (C=O) groups excluding carboxylic acids is 1. The fourth-order valence-electron chi connectivity index (χ4n) is 1.43. The van der Waals surface area contributed by atoms with Gasteiger partial charge in [-0.25, -0.2) is 0 Å². The summed E-state index contributed by atoms with van der Waals surface area (Å²) in [6.45, 7) is 2.25. The van der Waals surface area contributed by atoms with Crippen LogP contribution in [0.1, 0.15) is 31.7 Å². The number of hydrogen-bond acceptors (Lipinski definition) is 2. The van der Waals surface area contributed by atoms with Crippen molar-refractivity contribution in [2.45, 2.75) is 32.7 Å². The molecule has 0 aliphatic carbocycles. The molecule has 1 amide bonds.